The second-order valence-corrected chi connectivity index (χ2v) is 3.81. The minimum absolute atomic E-state index is 0.753. The van der Waals surface area contributed by atoms with E-state index in [1.54, 1.807) is 0 Å². The van der Waals surface area contributed by atoms with Crippen LogP contribution in [0.5, 0.6) is 0 Å². The molecule has 0 aromatic heterocycles. The van der Waals surface area contributed by atoms with Crippen molar-refractivity contribution >= 4 is 5.76 Å². The number of rotatable bonds is 3. The van der Waals surface area contributed by atoms with Crippen molar-refractivity contribution in [2.24, 2.45) is 0 Å². The topological polar surface area (TPSA) is 9.23 Å². The Morgan fingerprint density at radius 3 is 2.60 bits per heavy atom. The van der Waals surface area contributed by atoms with Crippen LogP contribution in [-0.4, -0.2) is 0 Å². The van der Waals surface area contributed by atoms with Gasteiger partial charge < -0.3 is 4.74 Å². The van der Waals surface area contributed by atoms with Gasteiger partial charge in [0.2, 0.25) is 0 Å². The predicted octanol–water partition coefficient (Wildman–Crippen LogP) is 4.13. The largest absolute Gasteiger partial charge is 0.462 e. The van der Waals surface area contributed by atoms with Gasteiger partial charge in [0.1, 0.15) is 11.5 Å². The number of hydrogen-bond acceptors (Lipinski definition) is 1. The van der Waals surface area contributed by atoms with Crippen LogP contribution in [0.2, 0.25) is 0 Å². The Morgan fingerprint density at radius 2 is 1.93 bits per heavy atom. The van der Waals surface area contributed by atoms with E-state index in [1.165, 1.54) is 12.8 Å². The molecule has 1 aromatic carbocycles. The van der Waals surface area contributed by atoms with Gasteiger partial charge in [0, 0.05) is 12.0 Å². The summed E-state index contributed by atoms with van der Waals surface area (Å²) in [7, 11) is 0. The summed E-state index contributed by atoms with van der Waals surface area (Å²) in [6.07, 6.45) is 6.87. The molecule has 1 aromatic rings. The molecule has 0 saturated carbocycles. The quantitative estimate of drug-likeness (QED) is 0.666. The van der Waals surface area contributed by atoms with E-state index in [0.29, 0.717) is 0 Å². The minimum atomic E-state index is 0.753. The van der Waals surface area contributed by atoms with E-state index in [-0.39, 0.29) is 0 Å². The Bertz CT molecular complexity index is 362. The number of benzene rings is 1. The first-order chi connectivity index (χ1) is 7.36. The molecule has 78 valence electrons. The molecule has 0 radical (unpaired) electrons. The summed E-state index contributed by atoms with van der Waals surface area (Å²) in [5, 5.41) is 0. The van der Waals surface area contributed by atoms with Crippen LogP contribution in [0.15, 0.2) is 48.7 Å². The normalized spacial score (nSPS) is 15.6. The predicted molar refractivity (Wildman–Crippen MR) is 63.1 cm³/mol. The Kier molecular flexibility index (Phi) is 3.23. The van der Waals surface area contributed by atoms with Crippen LogP contribution in [0, 0.1) is 0 Å². The Morgan fingerprint density at radius 1 is 1.13 bits per heavy atom. The van der Waals surface area contributed by atoms with Crippen LogP contribution >= 0.6 is 0 Å². The highest BCUT2D eigenvalue weighted by atomic mass is 16.5. The average Bonchev–Trinajstić information content (AvgIpc) is 2.31. The maximum Gasteiger partial charge on any atom is 0.126 e. The van der Waals surface area contributed by atoms with Gasteiger partial charge in [0.25, 0.3) is 0 Å². The standard InChI is InChI=1S/C14H16O/c1-12(13-8-4-2-5-9-13)15-14-10-6-3-7-11-14/h2,4-5,8-10H,1,3,6-7,11H2. The summed E-state index contributed by atoms with van der Waals surface area (Å²) in [6.45, 7) is 3.96. The Labute approximate surface area is 91.1 Å². The molecular weight excluding hydrogens is 184 g/mol. The summed E-state index contributed by atoms with van der Waals surface area (Å²) in [5.41, 5.74) is 1.06. The molecule has 0 heterocycles. The van der Waals surface area contributed by atoms with E-state index < -0.39 is 0 Å². The van der Waals surface area contributed by atoms with Crippen molar-refractivity contribution < 1.29 is 4.74 Å². The van der Waals surface area contributed by atoms with E-state index in [2.05, 4.69) is 12.7 Å². The zero-order valence-electron chi connectivity index (χ0n) is 8.91. The van der Waals surface area contributed by atoms with Crippen LogP contribution in [0.4, 0.5) is 0 Å². The monoisotopic (exact) mass is 200 g/mol. The van der Waals surface area contributed by atoms with Gasteiger partial charge in [0.05, 0.1) is 0 Å². The molecule has 1 heteroatoms. The highest BCUT2D eigenvalue weighted by Gasteiger charge is 2.07. The fourth-order valence-electron chi connectivity index (χ4n) is 1.74. The van der Waals surface area contributed by atoms with Gasteiger partial charge in [-0.3, -0.25) is 0 Å². The lowest BCUT2D eigenvalue weighted by atomic mass is 10.1. The van der Waals surface area contributed by atoms with Crippen LogP contribution in [0.3, 0.4) is 0 Å². The third-order valence-electron chi connectivity index (χ3n) is 2.60. The lowest BCUT2D eigenvalue weighted by Crippen LogP contribution is -1.96. The second-order valence-electron chi connectivity index (χ2n) is 3.81. The van der Waals surface area contributed by atoms with Crippen molar-refractivity contribution in [2.45, 2.75) is 25.7 Å². The van der Waals surface area contributed by atoms with Crippen molar-refractivity contribution in [3.8, 4) is 0 Å². The van der Waals surface area contributed by atoms with Crippen LogP contribution < -0.4 is 0 Å². The molecular formula is C14H16O. The maximum atomic E-state index is 5.74. The van der Waals surface area contributed by atoms with Crippen molar-refractivity contribution in [1.29, 1.82) is 0 Å². The van der Waals surface area contributed by atoms with Crippen molar-refractivity contribution in [3.63, 3.8) is 0 Å². The lowest BCUT2D eigenvalue weighted by Gasteiger charge is -2.15. The summed E-state index contributed by atoms with van der Waals surface area (Å²) in [4.78, 5) is 0. The van der Waals surface area contributed by atoms with Gasteiger partial charge in [0.15, 0.2) is 0 Å². The number of allylic oxidation sites excluding steroid dienone is 2. The Hall–Kier alpha value is -1.50. The van der Waals surface area contributed by atoms with Gasteiger partial charge in [-0.15, -0.1) is 0 Å². The molecule has 0 N–H and O–H groups in total. The SMILES string of the molecule is C=C(OC1=CCCCC1)c1ccccc1. The molecule has 0 spiro atoms. The molecule has 0 saturated heterocycles. The summed E-state index contributed by atoms with van der Waals surface area (Å²) in [6, 6.07) is 10.0. The van der Waals surface area contributed by atoms with Crippen LogP contribution in [0.25, 0.3) is 5.76 Å². The zero-order valence-corrected chi connectivity index (χ0v) is 8.91. The molecule has 0 fully saturated rings. The van der Waals surface area contributed by atoms with E-state index in [1.807, 2.05) is 30.3 Å². The number of hydrogen-bond donors (Lipinski definition) is 0. The molecule has 0 amide bonds. The van der Waals surface area contributed by atoms with E-state index in [0.717, 1.165) is 29.9 Å². The maximum absolute atomic E-state index is 5.74. The van der Waals surface area contributed by atoms with Gasteiger partial charge in [-0.25, -0.2) is 0 Å². The summed E-state index contributed by atoms with van der Waals surface area (Å²) in [5.74, 6) is 1.83. The minimum Gasteiger partial charge on any atom is -0.462 e. The van der Waals surface area contributed by atoms with E-state index in [4.69, 9.17) is 4.74 Å². The first-order valence-corrected chi connectivity index (χ1v) is 5.47. The van der Waals surface area contributed by atoms with Gasteiger partial charge in [-0.2, -0.15) is 0 Å². The van der Waals surface area contributed by atoms with Crippen molar-refractivity contribution in [1.82, 2.24) is 0 Å². The van der Waals surface area contributed by atoms with Crippen molar-refractivity contribution in [2.75, 3.05) is 0 Å². The third-order valence-corrected chi connectivity index (χ3v) is 2.60. The lowest BCUT2D eigenvalue weighted by molar-refractivity contribution is 0.347. The Balaban J connectivity index is 2.01. The first-order valence-electron chi connectivity index (χ1n) is 5.47. The highest BCUT2D eigenvalue weighted by molar-refractivity contribution is 5.57. The molecule has 1 aliphatic carbocycles. The van der Waals surface area contributed by atoms with Gasteiger partial charge in [-0.05, 0) is 25.3 Å². The molecule has 2 rings (SSSR count). The van der Waals surface area contributed by atoms with Gasteiger partial charge >= 0.3 is 0 Å². The molecule has 0 atom stereocenters. The summed E-state index contributed by atoms with van der Waals surface area (Å²) < 4.78 is 5.74. The van der Waals surface area contributed by atoms with Crippen LogP contribution in [0.1, 0.15) is 31.2 Å². The molecule has 0 bridgehead atoms. The first kappa shape index (κ1) is 10.0. The molecule has 0 unspecified atom stereocenters. The fourth-order valence-corrected chi connectivity index (χ4v) is 1.74. The average molecular weight is 200 g/mol. The smallest absolute Gasteiger partial charge is 0.126 e. The highest BCUT2D eigenvalue weighted by Crippen LogP contribution is 2.24. The van der Waals surface area contributed by atoms with E-state index >= 15 is 0 Å². The molecule has 15 heavy (non-hydrogen) atoms. The van der Waals surface area contributed by atoms with E-state index in [9.17, 15) is 0 Å². The molecule has 0 aliphatic heterocycles. The summed E-state index contributed by atoms with van der Waals surface area (Å²) >= 11 is 0. The van der Waals surface area contributed by atoms with Crippen molar-refractivity contribution in [3.05, 3.63) is 54.3 Å². The second kappa shape index (κ2) is 4.83. The zero-order chi connectivity index (χ0) is 10.5. The molecule has 1 aliphatic rings. The van der Waals surface area contributed by atoms with Gasteiger partial charge in [-0.1, -0.05) is 36.9 Å². The van der Waals surface area contributed by atoms with Crippen LogP contribution in [-0.2, 0) is 4.74 Å². The fraction of sp³-hybridized carbons (Fsp3) is 0.286. The number of ether oxygens (including phenoxy) is 1. The molecule has 1 nitrogen and oxygen atoms in total. The third kappa shape index (κ3) is 2.72.